The van der Waals surface area contributed by atoms with E-state index in [1.54, 1.807) is 0 Å². The van der Waals surface area contributed by atoms with Gasteiger partial charge in [0, 0.05) is 6.20 Å². The van der Waals surface area contributed by atoms with Crippen LogP contribution in [0.5, 0.6) is 0 Å². The Balaban J connectivity index is 2.15. The largest absolute Gasteiger partial charge is 0.385 e. The predicted molar refractivity (Wildman–Crippen MR) is 89.0 cm³/mol. The molecule has 0 radical (unpaired) electrons. The average Bonchev–Trinajstić information content (AvgIpc) is 2.59. The fraction of sp³-hybridized carbons (Fsp3) is 0.571. The molecule has 2 aliphatic heterocycles. The number of hydrogen-bond donors (Lipinski definition) is 4. The van der Waals surface area contributed by atoms with E-state index in [2.05, 4.69) is 31.2 Å². The number of amidine groups is 1. The predicted octanol–water partition coefficient (Wildman–Crippen LogP) is -0.490. The van der Waals surface area contributed by atoms with Crippen LogP contribution in [0.15, 0.2) is 29.7 Å². The lowest BCUT2D eigenvalue weighted by atomic mass is 10.0. The number of aliphatic hydroxyl groups excluding tert-OH is 1. The Morgan fingerprint density at radius 2 is 2.14 bits per heavy atom. The summed E-state index contributed by atoms with van der Waals surface area (Å²) in [6.45, 7) is 6.56. The molecule has 0 saturated carbocycles. The van der Waals surface area contributed by atoms with Crippen LogP contribution in [-0.2, 0) is 4.74 Å². The Morgan fingerprint density at radius 3 is 2.68 bits per heavy atom. The minimum atomic E-state index is -2.43. The third kappa shape index (κ3) is 3.45. The third-order valence-corrected chi connectivity index (χ3v) is 5.16. The van der Waals surface area contributed by atoms with Gasteiger partial charge in [0.25, 0.3) is 0 Å². The summed E-state index contributed by atoms with van der Waals surface area (Å²) in [5, 5.41) is 30.7. The molecule has 0 aromatic heterocycles. The zero-order chi connectivity index (χ0) is 16.7. The molecule has 0 spiro atoms. The van der Waals surface area contributed by atoms with E-state index in [0.717, 1.165) is 6.16 Å². The van der Waals surface area contributed by atoms with Gasteiger partial charge in [-0.05, 0) is 32.0 Å². The highest BCUT2D eigenvalue weighted by Gasteiger charge is 2.56. The summed E-state index contributed by atoms with van der Waals surface area (Å²) >= 11 is 0. The Morgan fingerprint density at radius 1 is 1.50 bits per heavy atom. The van der Waals surface area contributed by atoms with E-state index in [0.29, 0.717) is 6.42 Å². The monoisotopic (exact) mass is 329 g/mol. The number of aliphatic hydroxyl groups is 3. The number of hydrogen-bond acceptors (Lipinski definition) is 7. The van der Waals surface area contributed by atoms with Gasteiger partial charge in [-0.3, -0.25) is 0 Å². The second-order valence-electron chi connectivity index (χ2n) is 6.38. The lowest BCUT2D eigenvalue weighted by Crippen LogP contribution is -2.53. The number of nitrogens with two attached hydrogens (primary N) is 1. The van der Waals surface area contributed by atoms with Gasteiger partial charge in [0.2, 0.25) is 5.79 Å². The molecule has 0 bridgehead atoms. The molecule has 1 fully saturated rings. The molecule has 1 saturated heterocycles. The Hall–Kier alpha value is -1.11. The summed E-state index contributed by atoms with van der Waals surface area (Å²) in [6, 6.07) is 0. The molecule has 0 unspecified atom stereocenters. The van der Waals surface area contributed by atoms with Crippen molar-refractivity contribution in [3.8, 4) is 0 Å². The molecule has 0 aromatic carbocycles. The normalized spacial score (nSPS) is 31.5. The van der Waals surface area contributed by atoms with Crippen LogP contribution in [0.4, 0.5) is 0 Å². The average molecular weight is 329 g/mol. The molecule has 2 aliphatic rings. The maximum absolute atomic E-state index is 10.2. The summed E-state index contributed by atoms with van der Waals surface area (Å²) in [4.78, 5) is 5.31. The highest BCUT2D eigenvalue weighted by Crippen LogP contribution is 2.40. The number of rotatable bonds is 4. The van der Waals surface area contributed by atoms with Crippen molar-refractivity contribution < 1.29 is 20.1 Å². The quantitative estimate of drug-likeness (QED) is 0.409. The fourth-order valence-electron chi connectivity index (χ4n) is 2.43. The molecule has 124 valence electrons. The van der Waals surface area contributed by atoms with Gasteiger partial charge in [0.05, 0.1) is 6.10 Å². The van der Waals surface area contributed by atoms with E-state index in [9.17, 15) is 15.3 Å². The molecular weight excluding hydrogens is 305 g/mol. The molecule has 3 atom stereocenters. The second-order valence-corrected chi connectivity index (χ2v) is 10.7. The van der Waals surface area contributed by atoms with Crippen LogP contribution in [0, 0.1) is 0 Å². The Kier molecular flexibility index (Phi) is 4.57. The molecule has 2 rings (SSSR count). The van der Waals surface area contributed by atoms with Gasteiger partial charge in [-0.25, -0.2) is 4.99 Å². The minimum Gasteiger partial charge on any atom is -0.385 e. The summed E-state index contributed by atoms with van der Waals surface area (Å²) in [5.74, 6) is -1.94. The molecule has 0 aromatic rings. The van der Waals surface area contributed by atoms with Crippen molar-refractivity contribution in [3.63, 3.8) is 0 Å². The van der Waals surface area contributed by atoms with E-state index in [-0.39, 0.29) is 11.7 Å². The van der Waals surface area contributed by atoms with Gasteiger partial charge in [-0.2, -0.15) is 0 Å². The fourth-order valence-corrected chi connectivity index (χ4v) is 3.39. The molecule has 0 aliphatic carbocycles. The van der Waals surface area contributed by atoms with Crippen molar-refractivity contribution in [2.45, 2.75) is 30.6 Å². The smallest absolute Gasteiger partial charge is 0.239 e. The summed E-state index contributed by atoms with van der Waals surface area (Å²) in [5.41, 5.74) is 5.56. The standard InChI is InChI=1S/C14H24N3O4P/c1-9-16-11(15)5-7-17(9)13-14(19,20)12(18)10(21-13)6-8-22(2,3)4/h5,7,10,12-13,18-20H,1-2,6,8H2,3-4H3,(H2,15,16)/t10-,12-,13-/m1/s1. The number of aliphatic imine (C=N–C) groups is 1. The molecule has 22 heavy (non-hydrogen) atoms. The lowest BCUT2D eigenvalue weighted by Gasteiger charge is -2.34. The first-order valence-electron chi connectivity index (χ1n) is 6.97. The van der Waals surface area contributed by atoms with E-state index >= 15 is 0 Å². The Labute approximate surface area is 130 Å². The Bertz CT molecular complexity index is 566. The first-order valence-corrected chi connectivity index (χ1v) is 10.0. The lowest BCUT2D eigenvalue weighted by molar-refractivity contribution is -0.251. The molecule has 7 nitrogen and oxygen atoms in total. The van der Waals surface area contributed by atoms with Crippen LogP contribution in [0.3, 0.4) is 0 Å². The zero-order valence-electron chi connectivity index (χ0n) is 12.9. The van der Waals surface area contributed by atoms with Gasteiger partial charge >= 0.3 is 0 Å². The van der Waals surface area contributed by atoms with Gasteiger partial charge < -0.3 is 30.7 Å². The van der Waals surface area contributed by atoms with E-state index in [1.165, 1.54) is 17.2 Å². The van der Waals surface area contributed by atoms with Crippen molar-refractivity contribution >= 4 is 19.0 Å². The van der Waals surface area contributed by atoms with Crippen molar-refractivity contribution in [1.29, 1.82) is 0 Å². The topological polar surface area (TPSA) is 112 Å². The summed E-state index contributed by atoms with van der Waals surface area (Å²) in [6.07, 6.45) is 5.08. The molecule has 5 N–H and O–H groups in total. The number of ether oxygens (including phenoxy) is 1. The van der Waals surface area contributed by atoms with Crippen molar-refractivity contribution in [3.05, 3.63) is 24.7 Å². The van der Waals surface area contributed by atoms with Gasteiger partial charge in [-0.15, -0.1) is 13.2 Å². The minimum absolute atomic E-state index is 0.218. The molecule has 8 heteroatoms. The maximum Gasteiger partial charge on any atom is 0.239 e. The second kappa shape index (κ2) is 5.83. The van der Waals surface area contributed by atoms with Crippen LogP contribution in [0.25, 0.3) is 0 Å². The van der Waals surface area contributed by atoms with Gasteiger partial charge in [-0.1, -0.05) is 6.58 Å². The van der Waals surface area contributed by atoms with Crippen molar-refractivity contribution in [1.82, 2.24) is 4.90 Å². The van der Waals surface area contributed by atoms with Crippen LogP contribution < -0.4 is 5.73 Å². The van der Waals surface area contributed by atoms with E-state index in [1.807, 2.05) is 0 Å². The number of nitrogens with zero attached hydrogens (tertiary/aromatic N) is 2. The molecule has 2 heterocycles. The van der Waals surface area contributed by atoms with Crippen molar-refractivity contribution in [2.75, 3.05) is 19.5 Å². The summed E-state index contributed by atoms with van der Waals surface area (Å²) < 4.78 is 5.67. The maximum atomic E-state index is 10.2. The SMILES string of the molecule is C=C1N=C(N)C=CN1[C@@H]1O[C@H](CCP(=C)(C)C)[C@@H](O)C1(O)O. The van der Waals surface area contributed by atoms with E-state index < -0.39 is 31.1 Å². The highest BCUT2D eigenvalue weighted by molar-refractivity contribution is 7.72. The van der Waals surface area contributed by atoms with Crippen LogP contribution in [0.1, 0.15) is 6.42 Å². The third-order valence-electron chi connectivity index (χ3n) is 3.69. The van der Waals surface area contributed by atoms with E-state index in [4.69, 9.17) is 10.5 Å². The molecular formula is C14H24N3O4P. The zero-order valence-corrected chi connectivity index (χ0v) is 13.8. The highest BCUT2D eigenvalue weighted by atomic mass is 31.2. The van der Waals surface area contributed by atoms with Gasteiger partial charge in [0.1, 0.15) is 17.8 Å². The summed E-state index contributed by atoms with van der Waals surface area (Å²) in [7, 11) is 0. The van der Waals surface area contributed by atoms with Crippen LogP contribution in [-0.4, -0.2) is 76.1 Å². The first-order chi connectivity index (χ1) is 10.0. The first kappa shape index (κ1) is 17.2. The molecule has 0 amide bonds. The van der Waals surface area contributed by atoms with Crippen LogP contribution >= 0.6 is 6.89 Å². The van der Waals surface area contributed by atoms with Gasteiger partial charge in [0.15, 0.2) is 6.23 Å². The van der Waals surface area contributed by atoms with Crippen molar-refractivity contribution in [2.24, 2.45) is 10.7 Å². The van der Waals surface area contributed by atoms with Crippen LogP contribution in [0.2, 0.25) is 0 Å².